The SMILES string of the molecule is CCc1cc(-c2ccc(NS(=O)(=O)Cc3ccccc3)c(F)c2)nc2cnc(N[C@H]3C[C@H](F)CN(C(=O)OC(C)(C)C)C3)nc12. The molecule has 238 valence electrons. The van der Waals surface area contributed by atoms with Gasteiger partial charge in [-0.1, -0.05) is 43.3 Å². The summed E-state index contributed by atoms with van der Waals surface area (Å²) in [5.41, 5.74) is 2.55. The fourth-order valence-corrected chi connectivity index (χ4v) is 6.33. The zero-order valence-corrected chi connectivity index (χ0v) is 26.4. The van der Waals surface area contributed by atoms with E-state index in [1.54, 1.807) is 63.2 Å². The van der Waals surface area contributed by atoms with Gasteiger partial charge in [0.1, 0.15) is 23.1 Å². The van der Waals surface area contributed by atoms with Crippen molar-refractivity contribution in [1.82, 2.24) is 19.9 Å². The summed E-state index contributed by atoms with van der Waals surface area (Å²) in [4.78, 5) is 27.6. The Morgan fingerprint density at radius 1 is 1.09 bits per heavy atom. The molecular weight excluding hydrogens is 602 g/mol. The highest BCUT2D eigenvalue weighted by Crippen LogP contribution is 2.28. The number of anilines is 2. The van der Waals surface area contributed by atoms with E-state index in [2.05, 4.69) is 25.0 Å². The number of sulfonamides is 1. The number of benzene rings is 2. The van der Waals surface area contributed by atoms with E-state index in [1.807, 2.05) is 6.92 Å². The van der Waals surface area contributed by atoms with Crippen LogP contribution in [-0.4, -0.2) is 65.3 Å². The fraction of sp³-hybridized carbons (Fsp3) is 0.375. The Hall–Kier alpha value is -4.39. The van der Waals surface area contributed by atoms with Crippen LogP contribution in [0.15, 0.2) is 60.8 Å². The average molecular weight is 639 g/mol. The average Bonchev–Trinajstić information content (AvgIpc) is 2.96. The molecule has 10 nitrogen and oxygen atoms in total. The summed E-state index contributed by atoms with van der Waals surface area (Å²) in [6.07, 6.45) is 0.505. The second-order valence-electron chi connectivity index (χ2n) is 12.0. The van der Waals surface area contributed by atoms with Gasteiger partial charge in [-0.2, -0.15) is 0 Å². The molecule has 2 N–H and O–H groups in total. The summed E-state index contributed by atoms with van der Waals surface area (Å²) in [7, 11) is -3.83. The highest BCUT2D eigenvalue weighted by atomic mass is 32.2. The van der Waals surface area contributed by atoms with E-state index < -0.39 is 39.7 Å². The molecule has 1 fully saturated rings. The number of ether oxygens (including phenoxy) is 1. The van der Waals surface area contributed by atoms with Crippen LogP contribution in [0, 0.1) is 5.82 Å². The smallest absolute Gasteiger partial charge is 0.410 e. The van der Waals surface area contributed by atoms with Crippen LogP contribution in [0.1, 0.15) is 45.2 Å². The number of nitrogens with zero attached hydrogens (tertiary/aromatic N) is 4. The van der Waals surface area contributed by atoms with Crippen molar-refractivity contribution in [3.63, 3.8) is 0 Å². The van der Waals surface area contributed by atoms with Crippen LogP contribution in [0.4, 0.5) is 25.2 Å². The van der Waals surface area contributed by atoms with E-state index in [-0.39, 0.29) is 36.9 Å². The Morgan fingerprint density at radius 2 is 1.84 bits per heavy atom. The van der Waals surface area contributed by atoms with Crippen LogP contribution in [0.3, 0.4) is 0 Å². The van der Waals surface area contributed by atoms with Crippen molar-refractivity contribution in [3.8, 4) is 11.3 Å². The Balaban J connectivity index is 1.33. The predicted molar refractivity (Wildman–Crippen MR) is 170 cm³/mol. The topological polar surface area (TPSA) is 126 Å². The first-order chi connectivity index (χ1) is 21.3. The number of aryl methyl sites for hydroxylation is 1. The first kappa shape index (κ1) is 32.0. The molecule has 2 atom stereocenters. The minimum atomic E-state index is -3.83. The van der Waals surface area contributed by atoms with Crippen molar-refractivity contribution in [2.24, 2.45) is 0 Å². The highest BCUT2D eigenvalue weighted by Gasteiger charge is 2.33. The van der Waals surface area contributed by atoms with E-state index in [0.717, 1.165) is 5.56 Å². The largest absolute Gasteiger partial charge is 0.444 e. The third-order valence-corrected chi connectivity index (χ3v) is 8.36. The van der Waals surface area contributed by atoms with Crippen LogP contribution in [0.5, 0.6) is 0 Å². The lowest BCUT2D eigenvalue weighted by molar-refractivity contribution is 0.0124. The zero-order valence-electron chi connectivity index (χ0n) is 25.5. The third kappa shape index (κ3) is 8.21. The Labute approximate surface area is 261 Å². The second kappa shape index (κ2) is 12.9. The molecule has 2 aromatic heterocycles. The maximum Gasteiger partial charge on any atom is 0.410 e. The monoisotopic (exact) mass is 638 g/mol. The van der Waals surface area contributed by atoms with Gasteiger partial charge in [-0.05, 0) is 56.5 Å². The standard InChI is InChI=1S/C32H36F2N6O4S/c1-5-21-14-27(22-11-12-26(25(34)13-22)39-45(42,43)19-20-9-7-6-8-10-20)37-28-16-35-30(38-29(21)28)36-24-15-23(33)17-40(18-24)31(41)44-32(2,3)4/h6-14,16,23-24,39H,5,15,17-19H2,1-4H3,(H,35,36,38)/t23-,24-/m0/s1. The number of likely N-dealkylation sites (tertiary alicyclic amines) is 1. The van der Waals surface area contributed by atoms with Crippen LogP contribution < -0.4 is 10.0 Å². The number of piperidine rings is 1. The molecule has 2 aromatic carbocycles. The molecule has 45 heavy (non-hydrogen) atoms. The number of fused-ring (bicyclic) bond motifs is 1. The van der Waals surface area contributed by atoms with Crippen LogP contribution in [-0.2, 0) is 26.9 Å². The molecule has 3 heterocycles. The molecule has 1 aliphatic rings. The Morgan fingerprint density at radius 3 is 2.53 bits per heavy atom. The van der Waals surface area contributed by atoms with Crippen LogP contribution in [0.25, 0.3) is 22.3 Å². The lowest BCUT2D eigenvalue weighted by Crippen LogP contribution is -2.51. The number of hydrogen-bond acceptors (Lipinski definition) is 8. The van der Waals surface area contributed by atoms with Gasteiger partial charge < -0.3 is 15.0 Å². The number of halogens is 2. The number of carbonyl (C=O) groups excluding carboxylic acids is 1. The van der Waals surface area contributed by atoms with Crippen molar-refractivity contribution in [1.29, 1.82) is 0 Å². The molecule has 0 radical (unpaired) electrons. The van der Waals surface area contributed by atoms with Gasteiger partial charge in [0.2, 0.25) is 16.0 Å². The van der Waals surface area contributed by atoms with Crippen molar-refractivity contribution in [2.75, 3.05) is 23.1 Å². The molecule has 0 spiro atoms. The normalized spacial score (nSPS) is 17.2. The maximum absolute atomic E-state index is 15.1. The summed E-state index contributed by atoms with van der Waals surface area (Å²) in [5.74, 6) is -0.748. The Bertz CT molecular complexity index is 1800. The van der Waals surface area contributed by atoms with Gasteiger partial charge in [0.25, 0.3) is 0 Å². The molecule has 4 aromatic rings. The van der Waals surface area contributed by atoms with E-state index in [0.29, 0.717) is 34.3 Å². The fourth-order valence-electron chi connectivity index (χ4n) is 5.13. The minimum Gasteiger partial charge on any atom is -0.444 e. The number of alkyl halides is 1. The first-order valence-electron chi connectivity index (χ1n) is 14.7. The van der Waals surface area contributed by atoms with Gasteiger partial charge in [0, 0.05) is 24.6 Å². The summed E-state index contributed by atoms with van der Waals surface area (Å²) in [5, 5.41) is 3.15. The highest BCUT2D eigenvalue weighted by molar-refractivity contribution is 7.91. The number of pyridine rings is 1. The van der Waals surface area contributed by atoms with Crippen molar-refractivity contribution in [3.05, 3.63) is 77.7 Å². The molecule has 1 amide bonds. The van der Waals surface area contributed by atoms with Crippen molar-refractivity contribution < 1.29 is 26.7 Å². The number of nitrogens with one attached hydrogen (secondary N) is 2. The lowest BCUT2D eigenvalue weighted by Gasteiger charge is -2.36. The quantitative estimate of drug-likeness (QED) is 0.237. The second-order valence-corrected chi connectivity index (χ2v) is 13.8. The number of amides is 1. The van der Waals surface area contributed by atoms with Crippen LogP contribution >= 0.6 is 0 Å². The number of aromatic nitrogens is 3. The van der Waals surface area contributed by atoms with Gasteiger partial charge in [-0.25, -0.2) is 36.9 Å². The van der Waals surface area contributed by atoms with E-state index in [1.165, 1.54) is 23.2 Å². The summed E-state index contributed by atoms with van der Waals surface area (Å²) in [6.45, 7) is 7.42. The third-order valence-electron chi connectivity index (χ3n) is 7.12. The first-order valence-corrected chi connectivity index (χ1v) is 16.3. The number of carbonyl (C=O) groups is 1. The summed E-state index contributed by atoms with van der Waals surface area (Å²) >= 11 is 0. The van der Waals surface area contributed by atoms with Crippen molar-refractivity contribution >= 4 is 38.8 Å². The molecule has 13 heteroatoms. The molecule has 0 aliphatic carbocycles. The number of hydrogen-bond donors (Lipinski definition) is 2. The molecule has 0 saturated carbocycles. The molecular formula is C32H36F2N6O4S. The van der Waals surface area contributed by atoms with Gasteiger partial charge in [-0.15, -0.1) is 0 Å². The van der Waals surface area contributed by atoms with Crippen LogP contribution in [0.2, 0.25) is 0 Å². The zero-order chi connectivity index (χ0) is 32.4. The maximum atomic E-state index is 15.1. The van der Waals surface area contributed by atoms with Crippen molar-refractivity contribution in [2.45, 2.75) is 64.1 Å². The van der Waals surface area contributed by atoms with Gasteiger partial charge in [0.05, 0.1) is 35.4 Å². The Kier molecular flexibility index (Phi) is 9.19. The summed E-state index contributed by atoms with van der Waals surface area (Å²) < 4.78 is 62.7. The number of rotatable bonds is 8. The van der Waals surface area contributed by atoms with Gasteiger partial charge in [0.15, 0.2) is 0 Å². The van der Waals surface area contributed by atoms with E-state index in [9.17, 15) is 17.6 Å². The minimum absolute atomic E-state index is 0.0422. The molecule has 0 unspecified atom stereocenters. The molecule has 0 bridgehead atoms. The van der Waals surface area contributed by atoms with E-state index in [4.69, 9.17) is 4.74 Å². The van der Waals surface area contributed by atoms with Gasteiger partial charge >= 0.3 is 6.09 Å². The molecule has 1 saturated heterocycles. The molecule has 5 rings (SSSR count). The molecule has 1 aliphatic heterocycles. The van der Waals surface area contributed by atoms with E-state index >= 15 is 4.39 Å². The van der Waals surface area contributed by atoms with Gasteiger partial charge in [-0.3, -0.25) is 4.72 Å². The lowest BCUT2D eigenvalue weighted by atomic mass is 10.0. The summed E-state index contributed by atoms with van der Waals surface area (Å²) in [6, 6.07) is 14.2. The predicted octanol–water partition coefficient (Wildman–Crippen LogP) is 6.09.